The highest BCUT2D eigenvalue weighted by molar-refractivity contribution is 6.12. The fourth-order valence-electron chi connectivity index (χ4n) is 15.4. The number of anilines is 8. The third-order valence-corrected chi connectivity index (χ3v) is 22.0. The number of benzene rings is 10. The monoisotopic (exact) mass is 1710 g/mol. The molecule has 4 N–H and O–H groups in total. The van der Waals surface area contributed by atoms with E-state index >= 15 is 9.59 Å². The molecule has 0 saturated carbocycles. The van der Waals surface area contributed by atoms with E-state index in [1.807, 2.05) is 130 Å². The first-order valence-electron chi connectivity index (χ1n) is 46.1. The minimum absolute atomic E-state index is 0.131. The Balaban J connectivity index is 1.08. The fourth-order valence-corrected chi connectivity index (χ4v) is 15.4. The Kier molecular flexibility index (Phi) is 34.2. The number of hydrogen-bond donors (Lipinski definition) is 4. The van der Waals surface area contributed by atoms with E-state index in [1.165, 1.54) is 0 Å². The van der Waals surface area contributed by atoms with E-state index < -0.39 is 0 Å². The van der Waals surface area contributed by atoms with Crippen molar-refractivity contribution in [3.05, 3.63) is 229 Å². The number of nitrogens with one attached hydrogen (secondary N) is 2. The molecule has 1 aliphatic carbocycles. The van der Waals surface area contributed by atoms with Crippen LogP contribution < -0.4 is 58.3 Å². The maximum absolute atomic E-state index is 15.2. The van der Waals surface area contributed by atoms with Crippen molar-refractivity contribution < 1.29 is 57.7 Å². The van der Waals surface area contributed by atoms with Crippen LogP contribution in [0.15, 0.2) is 218 Å². The quantitative estimate of drug-likeness (QED) is 0.0283. The number of nitrogens with zero attached hydrogens (tertiary/aromatic N) is 2. The minimum atomic E-state index is -0.346. The molecule has 0 saturated heterocycles. The Bertz CT molecular complexity index is 5060. The molecular weight excluding hydrogens is 1570 g/mol. The number of amides is 2. The Labute approximate surface area is 750 Å². The van der Waals surface area contributed by atoms with Crippen LogP contribution in [-0.4, -0.2) is 74.9 Å². The zero-order valence-corrected chi connectivity index (χ0v) is 78.0. The molecule has 2 amide bonds. The van der Waals surface area contributed by atoms with Gasteiger partial charge >= 0.3 is 0 Å². The molecular formula is C110H136N4O12. The first-order chi connectivity index (χ1) is 60.7. The smallest absolute Gasteiger partial charge is 0.227 e. The zero-order chi connectivity index (χ0) is 90.3. The van der Waals surface area contributed by atoms with E-state index in [0.29, 0.717) is 124 Å². The van der Waals surface area contributed by atoms with Gasteiger partial charge < -0.3 is 68.5 Å². The first-order valence-corrected chi connectivity index (χ1v) is 46.1. The summed E-state index contributed by atoms with van der Waals surface area (Å²) in [5, 5.41) is 33.2. The summed E-state index contributed by atoms with van der Waals surface area (Å²) in [7, 11) is 0. The molecule has 0 spiro atoms. The Morgan fingerprint density at radius 1 is 0.302 bits per heavy atom. The summed E-state index contributed by atoms with van der Waals surface area (Å²) < 4.78 is 52.2. The number of hydrogen-bond acceptors (Lipinski definition) is 14. The molecule has 0 fully saturated rings. The van der Waals surface area contributed by atoms with Crippen molar-refractivity contribution in [3.8, 4) is 90.5 Å². The molecule has 0 aliphatic heterocycles. The third kappa shape index (κ3) is 24.1. The largest absolute Gasteiger partial charge is 0.506 e. The molecule has 16 nitrogen and oxygen atoms in total. The van der Waals surface area contributed by atoms with Gasteiger partial charge in [-0.15, -0.1) is 0 Å². The van der Waals surface area contributed by atoms with Crippen LogP contribution in [-0.2, 0) is 9.59 Å². The predicted octanol–water partition coefficient (Wildman–Crippen LogP) is 29.5. The predicted molar refractivity (Wildman–Crippen MR) is 520 cm³/mol. The highest BCUT2D eigenvalue weighted by atomic mass is 16.5. The molecule has 668 valence electrons. The lowest BCUT2D eigenvalue weighted by atomic mass is 9.82. The van der Waals surface area contributed by atoms with Crippen LogP contribution in [0.1, 0.15) is 194 Å². The SMILES string of the molecule is CCCCC(CC)C(=O)Nc1cc(N(c2ccc(-c3c(OCC)cccc3OCC(C)C)cc2)c2ccc(-c3c(OCC(C)C)cccc3OCC(C)C)cc2)ccc1C1=C(O)C(c2ccc(N(c3ccc(-c4c(OCC(C)C)cccc4OCC(C)C)cc3)c3ccc(-c4c(OCC(C)C)cccc4OCC(C)C)cc3)cc2NC(=O)C(CC)CCCC)=C1O. The number of unbranched alkanes of at least 4 members (excludes halogenated alkanes) is 2. The van der Waals surface area contributed by atoms with Crippen LogP contribution in [0.4, 0.5) is 45.5 Å². The van der Waals surface area contributed by atoms with Crippen molar-refractivity contribution in [2.24, 2.45) is 53.3 Å². The second kappa shape index (κ2) is 45.4. The van der Waals surface area contributed by atoms with Crippen LogP contribution in [0.3, 0.4) is 0 Å². The molecule has 10 aromatic rings. The fraction of sp³-hybridized carbons (Fsp3) is 0.400. The van der Waals surface area contributed by atoms with Gasteiger partial charge in [0.2, 0.25) is 11.8 Å². The average Bonchev–Trinajstić information content (AvgIpc) is 0.728. The van der Waals surface area contributed by atoms with Crippen molar-refractivity contribution in [2.75, 3.05) is 73.3 Å². The zero-order valence-electron chi connectivity index (χ0n) is 78.0. The third-order valence-electron chi connectivity index (χ3n) is 22.0. The van der Waals surface area contributed by atoms with E-state index in [1.54, 1.807) is 0 Å². The summed E-state index contributed by atoms with van der Waals surface area (Å²) >= 11 is 0. The van der Waals surface area contributed by atoms with Gasteiger partial charge in [-0.1, -0.05) is 223 Å². The summed E-state index contributed by atoms with van der Waals surface area (Å²) in [4.78, 5) is 34.6. The van der Waals surface area contributed by atoms with Gasteiger partial charge in [0.15, 0.2) is 0 Å². The number of allylic oxidation sites excluding steroid dienone is 2. The normalized spacial score (nSPS) is 12.6. The highest BCUT2D eigenvalue weighted by Crippen LogP contribution is 2.53. The molecule has 10 aromatic carbocycles. The summed E-state index contributed by atoms with van der Waals surface area (Å²) in [5.74, 6) is 6.19. The first kappa shape index (κ1) is 94.9. The van der Waals surface area contributed by atoms with Crippen LogP contribution >= 0.6 is 0 Å². The molecule has 16 heteroatoms. The molecule has 126 heavy (non-hydrogen) atoms. The Morgan fingerprint density at radius 2 is 0.524 bits per heavy atom. The van der Waals surface area contributed by atoms with Gasteiger partial charge in [0, 0.05) is 57.1 Å². The van der Waals surface area contributed by atoms with E-state index in [2.05, 4.69) is 228 Å². The molecule has 0 aromatic heterocycles. The van der Waals surface area contributed by atoms with Crippen molar-refractivity contribution in [1.29, 1.82) is 0 Å². The number of carbonyl (C=O) groups is 2. The number of aliphatic hydroxyl groups excluding tert-OH is 2. The van der Waals surface area contributed by atoms with Gasteiger partial charge in [0.05, 0.1) is 97.6 Å². The molecule has 1 aliphatic rings. The molecule has 11 rings (SSSR count). The number of ether oxygens (including phenoxy) is 8. The number of rotatable bonds is 47. The van der Waals surface area contributed by atoms with Crippen molar-refractivity contribution in [1.82, 2.24) is 0 Å². The molecule has 0 bridgehead atoms. The van der Waals surface area contributed by atoms with E-state index in [0.717, 1.165) is 127 Å². The van der Waals surface area contributed by atoms with Gasteiger partial charge in [0.25, 0.3) is 0 Å². The van der Waals surface area contributed by atoms with E-state index in [4.69, 9.17) is 37.9 Å². The standard InChI is InChI=1S/C110H136N4O12/c1-20-25-31-77(22-3)109(117)111-91-61-87(113(83-49-41-79(42-50-83)101-93(119-24-5)33-27-34-94(101)120-63-70(6)7)84-51-43-80(44-52-84)102-95(121-64-71(8)9)35-28-36-96(102)122-65-72(10)11)57-59-89(91)105-107(115)106(108(105)116)90-60-58-88(62-92(90)112-110(118)78(23-4)32-26-21-2)114(85-53-45-81(46-54-85)103-97(123-66-73(12)13)37-29-38-98(103)124-67-74(14)15)86-55-47-82(48-56-86)104-99(125-68-75(16)17)39-30-40-100(104)126-69-76(18)19/h27-30,33-62,70-78,115-116H,20-26,31-32,63-69H2,1-19H3,(H,111,117)(H,112,118). The maximum Gasteiger partial charge on any atom is 0.227 e. The Morgan fingerprint density at radius 3 is 0.730 bits per heavy atom. The topological polar surface area (TPSA) is 179 Å². The van der Waals surface area contributed by atoms with Crippen LogP contribution in [0, 0.1) is 53.3 Å². The molecule has 2 unspecified atom stereocenters. The van der Waals surface area contributed by atoms with Gasteiger partial charge in [0.1, 0.15) is 57.5 Å². The molecule has 0 heterocycles. The lowest BCUT2D eigenvalue weighted by Gasteiger charge is -2.31. The lowest BCUT2D eigenvalue weighted by Crippen LogP contribution is -2.24. The van der Waals surface area contributed by atoms with Gasteiger partial charge in [-0.05, 0) is 230 Å². The van der Waals surface area contributed by atoms with Crippen LogP contribution in [0.5, 0.6) is 46.0 Å². The van der Waals surface area contributed by atoms with Gasteiger partial charge in [-0.25, -0.2) is 0 Å². The number of carbonyl (C=O) groups excluding carboxylic acids is 2. The molecule has 2 atom stereocenters. The van der Waals surface area contributed by atoms with E-state index in [9.17, 15) is 10.2 Å². The van der Waals surface area contributed by atoms with E-state index in [-0.39, 0.29) is 87.7 Å². The van der Waals surface area contributed by atoms with Crippen LogP contribution in [0.2, 0.25) is 0 Å². The highest BCUT2D eigenvalue weighted by Gasteiger charge is 2.37. The van der Waals surface area contributed by atoms with Gasteiger partial charge in [-0.2, -0.15) is 0 Å². The average molecular weight is 1710 g/mol. The van der Waals surface area contributed by atoms with Gasteiger partial charge in [-0.3, -0.25) is 9.59 Å². The van der Waals surface area contributed by atoms with Crippen molar-refractivity contribution in [2.45, 2.75) is 183 Å². The minimum Gasteiger partial charge on any atom is -0.506 e. The summed E-state index contributed by atoms with van der Waals surface area (Å²) in [6.45, 7) is 44.3. The van der Waals surface area contributed by atoms with Crippen LogP contribution in [0.25, 0.3) is 55.7 Å². The second-order valence-corrected chi connectivity index (χ2v) is 36.1. The van der Waals surface area contributed by atoms with Crippen molar-refractivity contribution >= 4 is 68.5 Å². The summed E-state index contributed by atoms with van der Waals surface area (Å²) in [6.07, 6.45) is 6.02. The maximum atomic E-state index is 15.2. The second-order valence-electron chi connectivity index (χ2n) is 36.1. The summed E-state index contributed by atoms with van der Waals surface area (Å²) in [5.41, 5.74) is 13.2. The number of aliphatic hydroxyl groups is 2. The van der Waals surface area contributed by atoms with Crippen molar-refractivity contribution in [3.63, 3.8) is 0 Å². The Hall–Kier alpha value is -11.8. The molecule has 0 radical (unpaired) electrons. The lowest BCUT2D eigenvalue weighted by molar-refractivity contribution is -0.121. The summed E-state index contributed by atoms with van der Waals surface area (Å²) in [6, 6.07) is 68.7.